The molecule has 1 aliphatic heterocycles. The highest BCUT2D eigenvalue weighted by molar-refractivity contribution is 5.76. The smallest absolute Gasteiger partial charge is 0.220 e. The van der Waals surface area contributed by atoms with Crippen molar-refractivity contribution in [3.63, 3.8) is 0 Å². The number of hydrogen-bond acceptors (Lipinski definition) is 5. The second kappa shape index (κ2) is 11.6. The molecule has 0 radical (unpaired) electrons. The number of hydrogen-bond donors (Lipinski definition) is 1. The zero-order valence-corrected chi connectivity index (χ0v) is 17.9. The standard InChI is InChI=1S/C24H33N5O/c25-13-4-3-7-24(30)27-22-10-8-20(9-11-22)12-14-28-15-17-29(18-16-28)23-6-2-1-5-21(23)19-26/h1-2,5-6,20,22H,3-4,7-12,14-18H2,(H,27,30)/t20-,22-. The van der Waals surface area contributed by atoms with Gasteiger partial charge in [-0.15, -0.1) is 0 Å². The van der Waals surface area contributed by atoms with Crippen LogP contribution in [0.15, 0.2) is 24.3 Å². The topological polar surface area (TPSA) is 83.2 Å². The molecule has 3 rings (SSSR count). The van der Waals surface area contributed by atoms with Gasteiger partial charge in [-0.05, 0) is 63.1 Å². The second-order valence-electron chi connectivity index (χ2n) is 8.54. The molecular formula is C24H33N5O. The highest BCUT2D eigenvalue weighted by Crippen LogP contribution is 2.28. The molecule has 1 saturated heterocycles. The molecule has 0 atom stereocenters. The number of amides is 1. The van der Waals surface area contributed by atoms with Crippen LogP contribution in [0, 0.1) is 28.6 Å². The Labute approximate surface area is 180 Å². The highest BCUT2D eigenvalue weighted by Gasteiger charge is 2.24. The monoisotopic (exact) mass is 407 g/mol. The third-order valence-electron chi connectivity index (χ3n) is 6.50. The molecular weight excluding hydrogens is 374 g/mol. The van der Waals surface area contributed by atoms with E-state index in [1.54, 1.807) is 0 Å². The van der Waals surface area contributed by atoms with E-state index in [1.807, 2.05) is 18.2 Å². The average Bonchev–Trinajstić information content (AvgIpc) is 2.79. The van der Waals surface area contributed by atoms with E-state index in [2.05, 4.69) is 33.3 Å². The lowest BCUT2D eigenvalue weighted by atomic mass is 9.84. The summed E-state index contributed by atoms with van der Waals surface area (Å²) in [5.41, 5.74) is 1.83. The quantitative estimate of drug-likeness (QED) is 0.668. The maximum absolute atomic E-state index is 11.9. The third kappa shape index (κ3) is 6.47. The predicted molar refractivity (Wildman–Crippen MR) is 118 cm³/mol. The molecule has 0 unspecified atom stereocenters. The fraction of sp³-hybridized carbons (Fsp3) is 0.625. The summed E-state index contributed by atoms with van der Waals surface area (Å²) in [5.74, 6) is 0.860. The van der Waals surface area contributed by atoms with Crippen molar-refractivity contribution in [2.75, 3.05) is 37.6 Å². The molecule has 6 nitrogen and oxygen atoms in total. The average molecular weight is 408 g/mol. The van der Waals surface area contributed by atoms with Crippen LogP contribution in [0.25, 0.3) is 0 Å². The van der Waals surface area contributed by atoms with Crippen molar-refractivity contribution in [2.24, 2.45) is 5.92 Å². The van der Waals surface area contributed by atoms with Crippen molar-refractivity contribution in [3.8, 4) is 12.1 Å². The van der Waals surface area contributed by atoms with Crippen molar-refractivity contribution >= 4 is 11.6 Å². The second-order valence-corrected chi connectivity index (χ2v) is 8.54. The summed E-state index contributed by atoms with van der Waals surface area (Å²) in [4.78, 5) is 16.8. The Morgan fingerprint density at radius 1 is 1.07 bits per heavy atom. The van der Waals surface area contributed by atoms with Gasteiger partial charge in [0.25, 0.3) is 0 Å². The van der Waals surface area contributed by atoms with E-state index in [0.29, 0.717) is 25.3 Å². The van der Waals surface area contributed by atoms with Gasteiger partial charge in [-0.25, -0.2) is 0 Å². The van der Waals surface area contributed by atoms with Gasteiger partial charge in [0.05, 0.1) is 17.3 Å². The first-order chi connectivity index (χ1) is 14.7. The van der Waals surface area contributed by atoms with Crippen LogP contribution >= 0.6 is 0 Å². The molecule has 6 heteroatoms. The van der Waals surface area contributed by atoms with Gasteiger partial charge < -0.3 is 10.2 Å². The summed E-state index contributed by atoms with van der Waals surface area (Å²) in [6, 6.07) is 12.6. The van der Waals surface area contributed by atoms with Gasteiger partial charge >= 0.3 is 0 Å². The van der Waals surface area contributed by atoms with Crippen LogP contribution in [0.1, 0.15) is 56.9 Å². The first-order valence-electron chi connectivity index (χ1n) is 11.3. The minimum absolute atomic E-state index is 0.101. The largest absolute Gasteiger partial charge is 0.368 e. The van der Waals surface area contributed by atoms with Crippen molar-refractivity contribution in [3.05, 3.63) is 29.8 Å². The Hall–Kier alpha value is -2.57. The Morgan fingerprint density at radius 2 is 1.80 bits per heavy atom. The highest BCUT2D eigenvalue weighted by atomic mass is 16.1. The van der Waals surface area contributed by atoms with E-state index in [4.69, 9.17) is 5.26 Å². The normalized spacial score (nSPS) is 22.1. The van der Waals surface area contributed by atoms with Gasteiger partial charge in [-0.2, -0.15) is 10.5 Å². The Balaban J connectivity index is 1.32. The van der Waals surface area contributed by atoms with Crippen LogP contribution < -0.4 is 10.2 Å². The third-order valence-corrected chi connectivity index (χ3v) is 6.50. The van der Waals surface area contributed by atoms with Crippen molar-refractivity contribution in [2.45, 2.75) is 57.4 Å². The molecule has 0 bridgehead atoms. The van der Waals surface area contributed by atoms with Gasteiger partial charge in [0, 0.05) is 45.1 Å². The molecule has 1 aromatic rings. The Morgan fingerprint density at radius 3 is 2.50 bits per heavy atom. The lowest BCUT2D eigenvalue weighted by Gasteiger charge is -2.37. The van der Waals surface area contributed by atoms with E-state index in [-0.39, 0.29) is 5.91 Å². The van der Waals surface area contributed by atoms with Crippen LogP contribution in [0.3, 0.4) is 0 Å². The van der Waals surface area contributed by atoms with E-state index < -0.39 is 0 Å². The number of nitrogens with one attached hydrogen (secondary N) is 1. The van der Waals surface area contributed by atoms with Gasteiger partial charge in [0.15, 0.2) is 0 Å². The Kier molecular flexibility index (Phi) is 8.53. The van der Waals surface area contributed by atoms with Crippen LogP contribution in [0.2, 0.25) is 0 Å². The fourth-order valence-electron chi connectivity index (χ4n) is 4.64. The van der Waals surface area contributed by atoms with Gasteiger partial charge in [-0.3, -0.25) is 9.69 Å². The van der Waals surface area contributed by atoms with Crippen LogP contribution in [0.4, 0.5) is 5.69 Å². The lowest BCUT2D eigenvalue weighted by molar-refractivity contribution is -0.122. The molecule has 1 aromatic carbocycles. The number of nitriles is 2. The van der Waals surface area contributed by atoms with Crippen LogP contribution in [0.5, 0.6) is 0 Å². The Bertz CT molecular complexity index is 765. The number of para-hydroxylation sites is 1. The maximum Gasteiger partial charge on any atom is 0.220 e. The number of carbonyl (C=O) groups is 1. The van der Waals surface area contributed by atoms with E-state index >= 15 is 0 Å². The summed E-state index contributed by atoms with van der Waals surface area (Å²) in [6.45, 7) is 5.19. The number of unbranched alkanes of at least 4 members (excludes halogenated alkanes) is 1. The minimum atomic E-state index is 0.101. The number of nitrogens with zero attached hydrogens (tertiary/aromatic N) is 4. The maximum atomic E-state index is 11.9. The summed E-state index contributed by atoms with van der Waals surface area (Å²) in [7, 11) is 0. The zero-order chi connectivity index (χ0) is 21.2. The van der Waals surface area contributed by atoms with E-state index in [0.717, 1.165) is 62.7 Å². The minimum Gasteiger partial charge on any atom is -0.368 e. The lowest BCUT2D eigenvalue weighted by Crippen LogP contribution is -2.47. The molecule has 1 N–H and O–H groups in total. The van der Waals surface area contributed by atoms with Crippen molar-refractivity contribution < 1.29 is 4.79 Å². The fourth-order valence-corrected chi connectivity index (χ4v) is 4.64. The van der Waals surface area contributed by atoms with E-state index in [9.17, 15) is 10.1 Å². The van der Waals surface area contributed by atoms with Crippen molar-refractivity contribution in [1.29, 1.82) is 10.5 Å². The molecule has 1 amide bonds. The van der Waals surface area contributed by atoms with Crippen LogP contribution in [-0.2, 0) is 4.79 Å². The molecule has 160 valence electrons. The molecule has 2 fully saturated rings. The van der Waals surface area contributed by atoms with Crippen molar-refractivity contribution in [1.82, 2.24) is 10.2 Å². The molecule has 30 heavy (non-hydrogen) atoms. The predicted octanol–water partition coefficient (Wildman–Crippen LogP) is 3.44. The molecule has 0 aromatic heterocycles. The van der Waals surface area contributed by atoms with E-state index in [1.165, 1.54) is 19.3 Å². The molecule has 1 heterocycles. The van der Waals surface area contributed by atoms with Gasteiger partial charge in [0.1, 0.15) is 6.07 Å². The number of benzene rings is 1. The molecule has 1 aliphatic carbocycles. The number of piperazine rings is 1. The summed E-state index contributed by atoms with van der Waals surface area (Å²) in [5, 5.41) is 21.0. The number of carbonyl (C=O) groups excluding carboxylic acids is 1. The number of rotatable bonds is 8. The van der Waals surface area contributed by atoms with Gasteiger partial charge in [0.2, 0.25) is 5.91 Å². The number of anilines is 1. The molecule has 0 spiro atoms. The van der Waals surface area contributed by atoms with Crippen LogP contribution in [-0.4, -0.2) is 49.6 Å². The summed E-state index contributed by atoms with van der Waals surface area (Å²) < 4.78 is 0. The first kappa shape index (κ1) is 22.1. The molecule has 1 saturated carbocycles. The first-order valence-corrected chi connectivity index (χ1v) is 11.3. The summed E-state index contributed by atoms with van der Waals surface area (Å²) in [6.07, 6.45) is 7.36. The zero-order valence-electron chi connectivity index (χ0n) is 17.9. The molecule has 2 aliphatic rings. The SMILES string of the molecule is N#CCCCC(=O)N[C@H]1CC[C@H](CCN2CCN(c3ccccc3C#N)CC2)CC1. The van der Waals surface area contributed by atoms with Gasteiger partial charge in [-0.1, -0.05) is 12.1 Å². The summed E-state index contributed by atoms with van der Waals surface area (Å²) >= 11 is 0.